The minimum atomic E-state index is -5.08. The van der Waals surface area contributed by atoms with Gasteiger partial charge in [-0.15, -0.1) is 13.2 Å². The van der Waals surface area contributed by atoms with Crippen LogP contribution in [0.3, 0.4) is 0 Å². The first kappa shape index (κ1) is 13.6. The van der Waals surface area contributed by atoms with Crippen molar-refractivity contribution in [2.75, 3.05) is 0 Å². The molecule has 0 spiro atoms. The van der Waals surface area contributed by atoms with Crippen LogP contribution in [0.5, 0.6) is 5.75 Å². The normalized spacial score (nSPS) is 11.4. The summed E-state index contributed by atoms with van der Waals surface area (Å²) in [5, 5.41) is 8.57. The van der Waals surface area contributed by atoms with Crippen LogP contribution in [-0.4, -0.2) is 11.3 Å². The van der Waals surface area contributed by atoms with E-state index in [1.165, 1.54) is 6.07 Å². The van der Waals surface area contributed by atoms with E-state index in [9.17, 15) is 22.0 Å². The lowest BCUT2D eigenvalue weighted by Gasteiger charge is -2.12. The van der Waals surface area contributed by atoms with E-state index in [1.54, 1.807) is 0 Å². The van der Waals surface area contributed by atoms with Crippen molar-refractivity contribution >= 4 is 15.9 Å². The number of rotatable bonds is 2. The molecular formula is C8H2BrF5N2O. The van der Waals surface area contributed by atoms with Crippen molar-refractivity contribution in [3.05, 3.63) is 21.9 Å². The number of hydrogen-bond acceptors (Lipinski definition) is 3. The molecule has 0 aliphatic heterocycles. The summed E-state index contributed by atoms with van der Waals surface area (Å²) in [5.74, 6) is -1.02. The Morgan fingerprint density at radius 2 is 2.00 bits per heavy atom. The maximum Gasteiger partial charge on any atom is 0.573 e. The van der Waals surface area contributed by atoms with Gasteiger partial charge >= 0.3 is 6.36 Å². The maximum absolute atomic E-state index is 12.3. The van der Waals surface area contributed by atoms with Crippen LogP contribution >= 0.6 is 15.9 Å². The Bertz CT molecular complexity index is 468. The predicted molar refractivity (Wildman–Crippen MR) is 48.3 cm³/mol. The first-order valence-electron chi connectivity index (χ1n) is 3.89. The van der Waals surface area contributed by atoms with Gasteiger partial charge in [-0.05, 0) is 15.9 Å². The number of hydrogen-bond donors (Lipinski definition) is 0. The molecule has 3 nitrogen and oxygen atoms in total. The Hall–Kier alpha value is -1.43. The van der Waals surface area contributed by atoms with E-state index in [0.717, 1.165) is 0 Å². The summed E-state index contributed by atoms with van der Waals surface area (Å²) in [4.78, 5) is 3.23. The van der Waals surface area contributed by atoms with Crippen LogP contribution in [-0.2, 0) is 0 Å². The Labute approximate surface area is 99.9 Å². The number of alkyl halides is 5. The van der Waals surface area contributed by atoms with Crippen LogP contribution < -0.4 is 4.74 Å². The number of ether oxygens (including phenoxy) is 1. The van der Waals surface area contributed by atoms with Gasteiger partial charge in [-0.1, -0.05) is 0 Å². The second-order valence-corrected chi connectivity index (χ2v) is 3.42. The molecule has 1 rings (SSSR count). The van der Waals surface area contributed by atoms with Gasteiger partial charge in [-0.2, -0.15) is 5.26 Å². The number of pyridine rings is 1. The molecule has 0 saturated heterocycles. The molecule has 1 aromatic heterocycles. The summed E-state index contributed by atoms with van der Waals surface area (Å²) in [6, 6.07) is 1.75. The van der Waals surface area contributed by atoms with Crippen LogP contribution in [0.2, 0.25) is 0 Å². The van der Waals surface area contributed by atoms with Gasteiger partial charge in [0.25, 0.3) is 6.43 Å². The fraction of sp³-hybridized carbons (Fsp3) is 0.250. The first-order chi connectivity index (χ1) is 7.74. The molecule has 0 aliphatic rings. The van der Waals surface area contributed by atoms with E-state index in [4.69, 9.17) is 5.26 Å². The predicted octanol–water partition coefficient (Wildman–Crippen LogP) is 3.55. The fourth-order valence-electron chi connectivity index (χ4n) is 0.928. The van der Waals surface area contributed by atoms with Crippen molar-refractivity contribution < 1.29 is 26.7 Å². The topological polar surface area (TPSA) is 45.9 Å². The molecule has 0 atom stereocenters. The lowest BCUT2D eigenvalue weighted by molar-refractivity contribution is -0.274. The van der Waals surface area contributed by atoms with Crippen LogP contribution in [0.1, 0.15) is 17.7 Å². The third-order valence-corrected chi connectivity index (χ3v) is 2.09. The molecule has 0 aromatic carbocycles. The van der Waals surface area contributed by atoms with E-state index >= 15 is 0 Å². The average molecular weight is 317 g/mol. The molecule has 0 fully saturated rings. The summed E-state index contributed by atoms with van der Waals surface area (Å²) in [6.07, 6.45) is -8.15. The zero-order valence-electron chi connectivity index (χ0n) is 7.73. The van der Waals surface area contributed by atoms with Gasteiger partial charge < -0.3 is 4.74 Å². The van der Waals surface area contributed by atoms with Crippen molar-refractivity contribution in [3.63, 3.8) is 0 Å². The second-order valence-electron chi connectivity index (χ2n) is 2.67. The van der Waals surface area contributed by atoms with Gasteiger partial charge in [-0.25, -0.2) is 13.8 Å². The Kier molecular flexibility index (Phi) is 3.87. The summed E-state index contributed by atoms with van der Waals surface area (Å²) in [6.45, 7) is 0. The SMILES string of the molecule is N#Cc1c(OC(F)(F)F)cc(C(F)F)nc1Br. The number of aromatic nitrogens is 1. The van der Waals surface area contributed by atoms with Crippen molar-refractivity contribution in [3.8, 4) is 11.8 Å². The molecule has 0 aliphatic carbocycles. The molecule has 9 heteroatoms. The first-order valence-corrected chi connectivity index (χ1v) is 4.68. The quantitative estimate of drug-likeness (QED) is 0.619. The number of halogens is 6. The van der Waals surface area contributed by atoms with Crippen LogP contribution in [0.15, 0.2) is 10.7 Å². The maximum atomic E-state index is 12.3. The summed E-state index contributed by atoms with van der Waals surface area (Å²) in [7, 11) is 0. The molecule has 0 N–H and O–H groups in total. The van der Waals surface area contributed by atoms with E-state index < -0.39 is 34.4 Å². The van der Waals surface area contributed by atoms with E-state index in [-0.39, 0.29) is 0 Å². The molecule has 1 aromatic rings. The van der Waals surface area contributed by atoms with Gasteiger partial charge in [0.2, 0.25) is 0 Å². The molecule has 1 heterocycles. The van der Waals surface area contributed by atoms with Crippen molar-refractivity contribution in [1.29, 1.82) is 5.26 Å². The molecule has 0 radical (unpaired) electrons. The van der Waals surface area contributed by atoms with Crippen LogP contribution in [0.4, 0.5) is 22.0 Å². The standard InChI is InChI=1S/C8H2BrF5N2O/c9-6-3(2-15)5(17-8(12,13)14)1-4(16-6)7(10)11/h1,7H. The highest BCUT2D eigenvalue weighted by Gasteiger charge is 2.33. The van der Waals surface area contributed by atoms with Gasteiger partial charge in [-0.3, -0.25) is 0 Å². The Morgan fingerprint density at radius 1 is 1.41 bits per heavy atom. The number of nitrogens with zero attached hydrogens (tertiary/aromatic N) is 2. The highest BCUT2D eigenvalue weighted by molar-refractivity contribution is 9.10. The molecule has 92 valence electrons. The average Bonchev–Trinajstić information content (AvgIpc) is 2.14. The lowest BCUT2D eigenvalue weighted by Crippen LogP contribution is -2.18. The minimum Gasteiger partial charge on any atom is -0.404 e. The summed E-state index contributed by atoms with van der Waals surface area (Å²) in [5.41, 5.74) is -1.53. The highest BCUT2D eigenvalue weighted by Crippen LogP contribution is 2.33. The van der Waals surface area contributed by atoms with E-state index in [0.29, 0.717) is 6.07 Å². The zero-order valence-corrected chi connectivity index (χ0v) is 9.31. The van der Waals surface area contributed by atoms with E-state index in [1.807, 2.05) is 0 Å². The molecule has 0 saturated carbocycles. The fourth-order valence-corrected chi connectivity index (χ4v) is 1.42. The van der Waals surface area contributed by atoms with Crippen molar-refractivity contribution in [1.82, 2.24) is 4.98 Å². The minimum absolute atomic E-state index is 0.376. The van der Waals surface area contributed by atoms with Crippen LogP contribution in [0.25, 0.3) is 0 Å². The van der Waals surface area contributed by atoms with Crippen molar-refractivity contribution in [2.45, 2.75) is 12.8 Å². The Morgan fingerprint density at radius 3 is 2.41 bits per heavy atom. The molecular weight excluding hydrogens is 315 g/mol. The molecule has 17 heavy (non-hydrogen) atoms. The van der Waals surface area contributed by atoms with Crippen LogP contribution in [0, 0.1) is 11.3 Å². The largest absolute Gasteiger partial charge is 0.573 e. The smallest absolute Gasteiger partial charge is 0.404 e. The van der Waals surface area contributed by atoms with Gasteiger partial charge in [0.05, 0.1) is 0 Å². The van der Waals surface area contributed by atoms with Gasteiger partial charge in [0.1, 0.15) is 21.9 Å². The second kappa shape index (κ2) is 4.83. The highest BCUT2D eigenvalue weighted by atomic mass is 79.9. The third kappa shape index (κ3) is 3.52. The van der Waals surface area contributed by atoms with E-state index in [2.05, 4.69) is 25.7 Å². The van der Waals surface area contributed by atoms with Gasteiger partial charge in [0, 0.05) is 6.07 Å². The molecule has 0 unspecified atom stereocenters. The van der Waals surface area contributed by atoms with Gasteiger partial charge in [0.15, 0.2) is 5.75 Å². The molecule has 0 bridgehead atoms. The molecule has 0 amide bonds. The zero-order chi connectivity index (χ0) is 13.2. The third-order valence-electron chi connectivity index (χ3n) is 1.52. The summed E-state index contributed by atoms with van der Waals surface area (Å²) < 4.78 is 63.5. The monoisotopic (exact) mass is 316 g/mol. The summed E-state index contributed by atoms with van der Waals surface area (Å²) >= 11 is 2.62. The Balaban J connectivity index is 3.30. The van der Waals surface area contributed by atoms with Crippen molar-refractivity contribution in [2.24, 2.45) is 0 Å². The number of nitriles is 1. The lowest BCUT2D eigenvalue weighted by atomic mass is 10.2.